The van der Waals surface area contributed by atoms with E-state index in [4.69, 9.17) is 9.47 Å². The summed E-state index contributed by atoms with van der Waals surface area (Å²) < 4.78 is 11.3. The van der Waals surface area contributed by atoms with Crippen LogP contribution in [0, 0.1) is 0 Å². The monoisotopic (exact) mass is 171 g/mol. The van der Waals surface area contributed by atoms with Crippen LogP contribution in [-0.4, -0.2) is 38.0 Å². The quantitative estimate of drug-likeness (QED) is 0.658. The molecule has 0 radical (unpaired) electrons. The standard InChI is InChI=1S/C9H17NO2/c1-2-3-7-9-8(6-10-7)11-4-5-12-9/h7-10H,2-6H2,1H3/t7?,8-,9+/m0/s1. The Kier molecular flexibility index (Phi) is 2.63. The molecule has 2 aliphatic heterocycles. The summed E-state index contributed by atoms with van der Waals surface area (Å²) in [7, 11) is 0. The summed E-state index contributed by atoms with van der Waals surface area (Å²) in [5.41, 5.74) is 0. The average molecular weight is 171 g/mol. The molecule has 0 aromatic carbocycles. The Balaban J connectivity index is 1.92. The van der Waals surface area contributed by atoms with Crippen LogP contribution in [0.25, 0.3) is 0 Å². The van der Waals surface area contributed by atoms with E-state index in [9.17, 15) is 0 Å². The zero-order valence-corrected chi connectivity index (χ0v) is 7.58. The van der Waals surface area contributed by atoms with Crippen LogP contribution in [0.5, 0.6) is 0 Å². The van der Waals surface area contributed by atoms with Crippen molar-refractivity contribution >= 4 is 0 Å². The molecule has 0 spiro atoms. The van der Waals surface area contributed by atoms with E-state index in [0.717, 1.165) is 19.8 Å². The van der Waals surface area contributed by atoms with Crippen molar-refractivity contribution in [2.45, 2.75) is 38.0 Å². The van der Waals surface area contributed by atoms with Gasteiger partial charge in [0.15, 0.2) is 0 Å². The van der Waals surface area contributed by atoms with Gasteiger partial charge in [0, 0.05) is 12.6 Å². The molecule has 70 valence electrons. The molecule has 0 aromatic heterocycles. The molecule has 0 aliphatic carbocycles. The van der Waals surface area contributed by atoms with Gasteiger partial charge in [0.2, 0.25) is 0 Å². The zero-order chi connectivity index (χ0) is 8.39. The summed E-state index contributed by atoms with van der Waals surface area (Å²) in [4.78, 5) is 0. The molecule has 2 saturated heterocycles. The second-order valence-corrected chi connectivity index (χ2v) is 3.55. The highest BCUT2D eigenvalue weighted by Crippen LogP contribution is 2.21. The van der Waals surface area contributed by atoms with E-state index in [1.54, 1.807) is 0 Å². The van der Waals surface area contributed by atoms with Crippen molar-refractivity contribution in [3.8, 4) is 0 Å². The van der Waals surface area contributed by atoms with Crippen LogP contribution < -0.4 is 5.32 Å². The molecule has 0 saturated carbocycles. The molecular weight excluding hydrogens is 154 g/mol. The minimum Gasteiger partial charge on any atom is -0.372 e. The lowest BCUT2D eigenvalue weighted by molar-refractivity contribution is -0.125. The predicted molar refractivity (Wildman–Crippen MR) is 46.2 cm³/mol. The maximum atomic E-state index is 5.68. The van der Waals surface area contributed by atoms with Crippen molar-refractivity contribution in [1.82, 2.24) is 5.32 Å². The average Bonchev–Trinajstić information content (AvgIpc) is 2.50. The normalized spacial score (nSPS) is 41.2. The Morgan fingerprint density at radius 1 is 1.33 bits per heavy atom. The molecule has 0 bridgehead atoms. The summed E-state index contributed by atoms with van der Waals surface area (Å²) in [5, 5.41) is 3.45. The maximum absolute atomic E-state index is 5.68. The molecule has 12 heavy (non-hydrogen) atoms. The minimum atomic E-state index is 0.315. The van der Waals surface area contributed by atoms with Gasteiger partial charge in [-0.05, 0) is 6.42 Å². The maximum Gasteiger partial charge on any atom is 0.100 e. The van der Waals surface area contributed by atoms with Crippen LogP contribution in [0.2, 0.25) is 0 Å². The van der Waals surface area contributed by atoms with Crippen molar-refractivity contribution in [3.05, 3.63) is 0 Å². The number of rotatable bonds is 2. The van der Waals surface area contributed by atoms with E-state index >= 15 is 0 Å². The van der Waals surface area contributed by atoms with Crippen LogP contribution in [-0.2, 0) is 9.47 Å². The van der Waals surface area contributed by atoms with E-state index in [2.05, 4.69) is 12.2 Å². The molecule has 3 heteroatoms. The molecule has 3 atom stereocenters. The Bertz CT molecular complexity index is 151. The minimum absolute atomic E-state index is 0.315. The Morgan fingerprint density at radius 2 is 2.17 bits per heavy atom. The van der Waals surface area contributed by atoms with Gasteiger partial charge in [0.05, 0.1) is 19.3 Å². The summed E-state index contributed by atoms with van der Waals surface area (Å²) in [6.45, 7) is 4.71. The molecule has 3 nitrogen and oxygen atoms in total. The fraction of sp³-hybridized carbons (Fsp3) is 1.00. The largest absolute Gasteiger partial charge is 0.372 e. The summed E-state index contributed by atoms with van der Waals surface area (Å²) in [5.74, 6) is 0. The molecule has 1 N–H and O–H groups in total. The molecule has 2 aliphatic rings. The fourth-order valence-electron chi connectivity index (χ4n) is 2.10. The van der Waals surface area contributed by atoms with Crippen LogP contribution in [0.3, 0.4) is 0 Å². The smallest absolute Gasteiger partial charge is 0.100 e. The van der Waals surface area contributed by atoms with Crippen LogP contribution in [0.4, 0.5) is 0 Å². The van der Waals surface area contributed by atoms with Crippen molar-refractivity contribution in [2.24, 2.45) is 0 Å². The number of fused-ring (bicyclic) bond motifs is 1. The highest BCUT2D eigenvalue weighted by atomic mass is 16.6. The first-order valence-electron chi connectivity index (χ1n) is 4.88. The van der Waals surface area contributed by atoms with E-state index in [1.807, 2.05) is 0 Å². The van der Waals surface area contributed by atoms with Gasteiger partial charge in [-0.3, -0.25) is 0 Å². The third kappa shape index (κ3) is 1.49. The summed E-state index contributed by atoms with van der Waals surface area (Å²) >= 11 is 0. The zero-order valence-electron chi connectivity index (χ0n) is 7.58. The van der Waals surface area contributed by atoms with E-state index in [0.29, 0.717) is 18.2 Å². The number of hydrogen-bond acceptors (Lipinski definition) is 3. The third-order valence-corrected chi connectivity index (χ3v) is 2.67. The molecule has 2 rings (SSSR count). The van der Waals surface area contributed by atoms with Gasteiger partial charge < -0.3 is 14.8 Å². The SMILES string of the molecule is CCCC1NC[C@@H]2OCCO[C@H]12. The second-order valence-electron chi connectivity index (χ2n) is 3.55. The van der Waals surface area contributed by atoms with Crippen molar-refractivity contribution in [3.63, 3.8) is 0 Å². The van der Waals surface area contributed by atoms with Gasteiger partial charge in [-0.15, -0.1) is 0 Å². The molecule has 0 amide bonds. The molecule has 2 fully saturated rings. The van der Waals surface area contributed by atoms with Crippen molar-refractivity contribution < 1.29 is 9.47 Å². The first kappa shape index (κ1) is 8.48. The van der Waals surface area contributed by atoms with E-state index < -0.39 is 0 Å². The topological polar surface area (TPSA) is 30.5 Å². The Morgan fingerprint density at radius 3 is 3.00 bits per heavy atom. The van der Waals surface area contributed by atoms with Crippen LogP contribution in [0.1, 0.15) is 19.8 Å². The third-order valence-electron chi connectivity index (χ3n) is 2.67. The van der Waals surface area contributed by atoms with Crippen LogP contribution in [0.15, 0.2) is 0 Å². The highest BCUT2D eigenvalue weighted by molar-refractivity contribution is 4.93. The van der Waals surface area contributed by atoms with Crippen LogP contribution >= 0.6 is 0 Å². The molecular formula is C9H17NO2. The summed E-state index contributed by atoms with van der Waals surface area (Å²) in [6.07, 6.45) is 3.04. The van der Waals surface area contributed by atoms with E-state index in [1.165, 1.54) is 12.8 Å². The first-order chi connectivity index (χ1) is 5.92. The van der Waals surface area contributed by atoms with Crippen molar-refractivity contribution in [2.75, 3.05) is 19.8 Å². The second kappa shape index (κ2) is 3.73. The Hall–Kier alpha value is -0.120. The number of ether oxygens (including phenoxy) is 2. The lowest BCUT2D eigenvalue weighted by Gasteiger charge is -2.28. The van der Waals surface area contributed by atoms with Gasteiger partial charge in [0.25, 0.3) is 0 Å². The van der Waals surface area contributed by atoms with Gasteiger partial charge >= 0.3 is 0 Å². The van der Waals surface area contributed by atoms with E-state index in [-0.39, 0.29) is 0 Å². The van der Waals surface area contributed by atoms with Gasteiger partial charge in [0.1, 0.15) is 6.10 Å². The molecule has 0 aromatic rings. The van der Waals surface area contributed by atoms with Gasteiger partial charge in [-0.1, -0.05) is 13.3 Å². The predicted octanol–water partition coefficient (Wildman–Crippen LogP) is 0.542. The van der Waals surface area contributed by atoms with Gasteiger partial charge in [-0.25, -0.2) is 0 Å². The fourth-order valence-corrected chi connectivity index (χ4v) is 2.10. The number of hydrogen-bond donors (Lipinski definition) is 1. The lowest BCUT2D eigenvalue weighted by Crippen LogP contribution is -2.41. The molecule has 2 heterocycles. The summed E-state index contributed by atoms with van der Waals surface area (Å²) in [6, 6.07) is 0.528. The van der Waals surface area contributed by atoms with Gasteiger partial charge in [-0.2, -0.15) is 0 Å². The Labute approximate surface area is 73.4 Å². The van der Waals surface area contributed by atoms with Crippen molar-refractivity contribution in [1.29, 1.82) is 0 Å². The number of nitrogens with one attached hydrogen (secondary N) is 1. The first-order valence-corrected chi connectivity index (χ1v) is 4.88. The lowest BCUT2D eigenvalue weighted by atomic mass is 10.1. The highest BCUT2D eigenvalue weighted by Gasteiger charge is 2.38. The molecule has 1 unspecified atom stereocenters.